The van der Waals surface area contributed by atoms with Crippen LogP contribution in [0.15, 0.2) is 53.7 Å². The Morgan fingerprint density at radius 3 is 2.50 bits per heavy atom. The highest BCUT2D eigenvalue weighted by molar-refractivity contribution is 7.99. The first-order valence-electron chi connectivity index (χ1n) is 11.3. The second-order valence-electron chi connectivity index (χ2n) is 8.12. The van der Waals surface area contributed by atoms with E-state index in [9.17, 15) is 19.7 Å². The lowest BCUT2D eigenvalue weighted by atomic mass is 10.0. The minimum Gasteiger partial charge on any atom is -0.496 e. The zero-order valence-electron chi connectivity index (χ0n) is 20.4. The number of anilines is 1. The van der Waals surface area contributed by atoms with Crippen LogP contribution < -0.4 is 15.4 Å². The molecule has 0 radical (unpaired) electrons. The highest BCUT2D eigenvalue weighted by atomic mass is 32.2. The topological polar surface area (TPSA) is 141 Å². The van der Waals surface area contributed by atoms with Gasteiger partial charge < -0.3 is 19.9 Å². The maximum absolute atomic E-state index is 12.8. The van der Waals surface area contributed by atoms with Gasteiger partial charge in [0.15, 0.2) is 11.0 Å². The van der Waals surface area contributed by atoms with Crippen LogP contribution in [0.4, 0.5) is 11.4 Å². The van der Waals surface area contributed by atoms with Crippen LogP contribution in [0.2, 0.25) is 0 Å². The molecule has 0 aliphatic heterocycles. The van der Waals surface area contributed by atoms with Crippen LogP contribution in [0.1, 0.15) is 43.0 Å². The second kappa shape index (κ2) is 12.2. The number of nitro benzene ring substituents is 1. The summed E-state index contributed by atoms with van der Waals surface area (Å²) in [4.78, 5) is 36.1. The summed E-state index contributed by atoms with van der Waals surface area (Å²) in [5, 5.41) is 26.0. The third-order valence-corrected chi connectivity index (χ3v) is 6.30. The first-order valence-corrected chi connectivity index (χ1v) is 12.3. The van der Waals surface area contributed by atoms with Crippen molar-refractivity contribution in [3.63, 3.8) is 0 Å². The molecule has 3 rings (SSSR count). The number of hydrogen-bond donors (Lipinski definition) is 2. The molecule has 2 N–H and O–H groups in total. The Kier molecular flexibility index (Phi) is 9.01. The van der Waals surface area contributed by atoms with Crippen molar-refractivity contribution >= 4 is 35.0 Å². The van der Waals surface area contributed by atoms with Gasteiger partial charge in [-0.2, -0.15) is 0 Å². The van der Waals surface area contributed by atoms with E-state index < -0.39 is 16.9 Å². The van der Waals surface area contributed by atoms with Crippen molar-refractivity contribution in [2.45, 2.75) is 38.5 Å². The maximum Gasteiger partial charge on any atom is 0.296 e. The van der Waals surface area contributed by atoms with Gasteiger partial charge in [-0.25, -0.2) is 0 Å². The molecule has 1 atom stereocenters. The summed E-state index contributed by atoms with van der Waals surface area (Å²) in [6, 6.07) is 12.7. The summed E-state index contributed by atoms with van der Waals surface area (Å²) in [6.07, 6.45) is 0. The second-order valence-corrected chi connectivity index (χ2v) is 9.07. The van der Waals surface area contributed by atoms with Crippen molar-refractivity contribution in [2.24, 2.45) is 5.92 Å². The van der Waals surface area contributed by atoms with Crippen molar-refractivity contribution in [2.75, 3.05) is 18.2 Å². The number of nitrogens with zero attached hydrogens (tertiary/aromatic N) is 4. The molecule has 1 aromatic heterocycles. The van der Waals surface area contributed by atoms with Gasteiger partial charge in [0.25, 0.3) is 11.6 Å². The van der Waals surface area contributed by atoms with Gasteiger partial charge in [-0.15, -0.1) is 10.2 Å². The van der Waals surface area contributed by atoms with E-state index in [2.05, 4.69) is 20.8 Å². The first kappa shape index (κ1) is 26.7. The molecule has 2 aromatic carbocycles. The molecule has 36 heavy (non-hydrogen) atoms. The molecular formula is C24H28N6O5S. The van der Waals surface area contributed by atoms with Crippen molar-refractivity contribution < 1.29 is 19.2 Å². The molecule has 2 amide bonds. The highest BCUT2D eigenvalue weighted by Crippen LogP contribution is 2.30. The van der Waals surface area contributed by atoms with Gasteiger partial charge in [-0.1, -0.05) is 43.8 Å². The molecular weight excluding hydrogens is 484 g/mol. The largest absolute Gasteiger partial charge is 0.496 e. The zero-order valence-corrected chi connectivity index (χ0v) is 21.2. The van der Waals surface area contributed by atoms with Gasteiger partial charge in [-0.05, 0) is 37.1 Å². The summed E-state index contributed by atoms with van der Waals surface area (Å²) in [5.41, 5.74) is 0.359. The number of carbonyl (C=O) groups is 2. The summed E-state index contributed by atoms with van der Waals surface area (Å²) in [5.74, 6) is 0.253. The number of rotatable bonds is 11. The Labute approximate surface area is 212 Å². The van der Waals surface area contributed by atoms with Crippen LogP contribution in [0.25, 0.3) is 0 Å². The van der Waals surface area contributed by atoms with E-state index in [1.54, 1.807) is 24.3 Å². The van der Waals surface area contributed by atoms with Crippen LogP contribution >= 0.6 is 11.8 Å². The molecule has 0 aliphatic carbocycles. The van der Waals surface area contributed by atoms with E-state index in [0.717, 1.165) is 11.8 Å². The lowest BCUT2D eigenvalue weighted by molar-refractivity contribution is -0.384. The average Bonchev–Trinajstić information content (AvgIpc) is 3.28. The van der Waals surface area contributed by atoms with Crippen LogP contribution in [0.3, 0.4) is 0 Å². The van der Waals surface area contributed by atoms with E-state index in [1.807, 2.05) is 31.4 Å². The Bertz CT molecular complexity index is 1230. The van der Waals surface area contributed by atoms with E-state index in [4.69, 9.17) is 4.74 Å². The molecule has 0 saturated heterocycles. The van der Waals surface area contributed by atoms with Crippen LogP contribution in [0, 0.1) is 16.0 Å². The van der Waals surface area contributed by atoms with Crippen molar-refractivity contribution in [1.82, 2.24) is 20.1 Å². The van der Waals surface area contributed by atoms with Gasteiger partial charge in [0.2, 0.25) is 5.91 Å². The number of aromatic nitrogens is 3. The van der Waals surface area contributed by atoms with E-state index in [0.29, 0.717) is 28.8 Å². The third-order valence-electron chi connectivity index (χ3n) is 5.34. The molecule has 0 unspecified atom stereocenters. The molecule has 0 spiro atoms. The molecule has 0 aliphatic rings. The Hall–Kier alpha value is -3.93. The first-order chi connectivity index (χ1) is 17.2. The summed E-state index contributed by atoms with van der Waals surface area (Å²) < 4.78 is 6.87. The molecule has 1 heterocycles. The molecule has 12 heteroatoms. The molecule has 3 aromatic rings. The third kappa shape index (κ3) is 6.39. The SMILES string of the molecule is CCn1c(SCC(=O)Nc2ccc(OC)cc2[N+](=O)[O-])nnc1[C@H](NC(=O)c1ccccc1)C(C)C. The number of nitro groups is 1. The molecule has 0 fully saturated rings. The number of amides is 2. The fourth-order valence-corrected chi connectivity index (χ4v) is 4.30. The van der Waals surface area contributed by atoms with Gasteiger partial charge in [0, 0.05) is 12.1 Å². The zero-order chi connectivity index (χ0) is 26.2. The molecule has 0 saturated carbocycles. The number of ether oxygens (including phenoxy) is 1. The van der Waals surface area contributed by atoms with Crippen LogP contribution in [-0.2, 0) is 11.3 Å². The lowest BCUT2D eigenvalue weighted by Gasteiger charge is -2.22. The summed E-state index contributed by atoms with van der Waals surface area (Å²) in [6.45, 7) is 6.41. The quantitative estimate of drug-likeness (QED) is 0.222. The summed E-state index contributed by atoms with van der Waals surface area (Å²) in [7, 11) is 1.41. The highest BCUT2D eigenvalue weighted by Gasteiger charge is 2.26. The normalized spacial score (nSPS) is 11.7. The Balaban J connectivity index is 1.72. The smallest absolute Gasteiger partial charge is 0.296 e. The number of nitrogens with one attached hydrogen (secondary N) is 2. The van der Waals surface area contributed by atoms with E-state index >= 15 is 0 Å². The van der Waals surface area contributed by atoms with Gasteiger partial charge in [0.05, 0.1) is 29.9 Å². The minimum absolute atomic E-state index is 0.0314. The van der Waals surface area contributed by atoms with Crippen molar-refractivity contribution in [1.29, 1.82) is 0 Å². The van der Waals surface area contributed by atoms with Gasteiger partial charge >= 0.3 is 0 Å². The van der Waals surface area contributed by atoms with Crippen molar-refractivity contribution in [3.05, 3.63) is 70.0 Å². The number of thioether (sulfide) groups is 1. The predicted molar refractivity (Wildman–Crippen MR) is 136 cm³/mol. The predicted octanol–water partition coefficient (Wildman–Crippen LogP) is 4.07. The lowest BCUT2D eigenvalue weighted by Crippen LogP contribution is -2.33. The standard InChI is InChI=1S/C24H28N6O5S/c1-5-29-22(21(15(2)3)26-23(32)16-9-7-6-8-10-16)27-28-24(29)36-14-20(31)25-18-12-11-17(35-4)13-19(18)30(33)34/h6-13,15,21H,5,14H2,1-4H3,(H,25,31)(H,26,32)/t21-/m1/s1. The minimum atomic E-state index is -0.582. The monoisotopic (exact) mass is 512 g/mol. The molecule has 11 nitrogen and oxygen atoms in total. The van der Waals surface area contributed by atoms with E-state index in [-0.39, 0.29) is 29.0 Å². The van der Waals surface area contributed by atoms with Crippen LogP contribution in [-0.4, -0.2) is 44.4 Å². The molecule has 190 valence electrons. The number of hydrogen-bond acceptors (Lipinski definition) is 8. The number of methoxy groups -OCH3 is 1. The Morgan fingerprint density at radius 2 is 1.89 bits per heavy atom. The average molecular weight is 513 g/mol. The van der Waals surface area contributed by atoms with E-state index in [1.165, 1.54) is 25.3 Å². The number of carbonyl (C=O) groups excluding carboxylic acids is 2. The Morgan fingerprint density at radius 1 is 1.17 bits per heavy atom. The van der Waals surface area contributed by atoms with Crippen LogP contribution in [0.5, 0.6) is 5.75 Å². The summed E-state index contributed by atoms with van der Waals surface area (Å²) >= 11 is 1.16. The number of benzene rings is 2. The van der Waals surface area contributed by atoms with Gasteiger partial charge in [-0.3, -0.25) is 19.7 Å². The fourth-order valence-electron chi connectivity index (χ4n) is 3.49. The fraction of sp³-hybridized carbons (Fsp3) is 0.333. The van der Waals surface area contributed by atoms with Crippen molar-refractivity contribution in [3.8, 4) is 5.75 Å². The maximum atomic E-state index is 12.8. The van der Waals surface area contributed by atoms with Gasteiger partial charge in [0.1, 0.15) is 11.4 Å². The molecule has 0 bridgehead atoms.